The van der Waals surface area contributed by atoms with E-state index < -0.39 is 0 Å². The highest BCUT2D eigenvalue weighted by Gasteiger charge is 2.20. The van der Waals surface area contributed by atoms with Gasteiger partial charge in [0.2, 0.25) is 0 Å². The van der Waals surface area contributed by atoms with Gasteiger partial charge >= 0.3 is 0 Å². The van der Waals surface area contributed by atoms with Crippen LogP contribution in [0.5, 0.6) is 0 Å². The Morgan fingerprint density at radius 1 is 0.633 bits per heavy atom. The molecule has 0 fully saturated rings. The van der Waals surface area contributed by atoms with E-state index in [2.05, 4.69) is 55.6 Å². The predicted octanol–water partition coefficient (Wildman–Crippen LogP) is 9.70. The van der Waals surface area contributed by atoms with Crippen molar-refractivity contribution in [1.82, 2.24) is 0 Å². The third-order valence-electron chi connectivity index (χ3n) is 6.32. The Bertz CT molecular complexity index is 767. The van der Waals surface area contributed by atoms with Crippen molar-refractivity contribution in [3.63, 3.8) is 0 Å². The first-order valence-corrected chi connectivity index (χ1v) is 13.3. The summed E-state index contributed by atoms with van der Waals surface area (Å²) in [5, 5.41) is 3.81. The largest absolute Gasteiger partial charge is 0.353 e. The summed E-state index contributed by atoms with van der Waals surface area (Å²) >= 11 is 1.93. The van der Waals surface area contributed by atoms with Gasteiger partial charge in [-0.1, -0.05) is 108 Å². The number of nitrogens with one attached hydrogen (secondary N) is 1. The molecule has 30 heavy (non-hydrogen) atoms. The molecule has 1 aliphatic heterocycles. The van der Waals surface area contributed by atoms with Crippen molar-refractivity contribution < 1.29 is 0 Å². The second-order valence-corrected chi connectivity index (χ2v) is 9.92. The molecule has 1 aliphatic rings. The average molecular weight is 424 g/mol. The fourth-order valence-corrected chi connectivity index (χ4v) is 5.53. The van der Waals surface area contributed by atoms with Crippen molar-refractivity contribution in [3.05, 3.63) is 47.5 Å². The van der Waals surface area contributed by atoms with Crippen molar-refractivity contribution in [2.45, 2.75) is 114 Å². The maximum Gasteiger partial charge on any atom is 0.0561 e. The molecular formula is C28H41NS. The van der Waals surface area contributed by atoms with Gasteiger partial charge in [0.15, 0.2) is 0 Å². The lowest BCUT2D eigenvalue weighted by Gasteiger charge is -2.25. The normalized spacial score (nSPS) is 12.3. The molecule has 0 bridgehead atoms. The van der Waals surface area contributed by atoms with Crippen LogP contribution < -0.4 is 5.32 Å². The lowest BCUT2D eigenvalue weighted by Crippen LogP contribution is -2.07. The Labute approximate surface area is 189 Å². The van der Waals surface area contributed by atoms with E-state index in [1.54, 1.807) is 11.1 Å². The molecule has 0 unspecified atom stereocenters. The lowest BCUT2D eigenvalue weighted by molar-refractivity contribution is 0.599. The number of aryl methyl sites for hydroxylation is 1. The van der Waals surface area contributed by atoms with Crippen LogP contribution in [0.3, 0.4) is 0 Å². The van der Waals surface area contributed by atoms with Crippen LogP contribution in [-0.4, -0.2) is 0 Å². The van der Waals surface area contributed by atoms with E-state index in [9.17, 15) is 0 Å². The first-order chi connectivity index (χ1) is 14.8. The first kappa shape index (κ1) is 23.3. The Balaban J connectivity index is 1.67. The number of anilines is 2. The molecule has 164 valence electrons. The number of unbranched alkanes of at least 4 members (excludes halogenated alkanes) is 10. The molecule has 0 aliphatic carbocycles. The molecule has 0 radical (unpaired) electrons. The van der Waals surface area contributed by atoms with Crippen molar-refractivity contribution >= 4 is 23.1 Å². The van der Waals surface area contributed by atoms with Crippen molar-refractivity contribution in [1.29, 1.82) is 0 Å². The third kappa shape index (κ3) is 6.80. The fourth-order valence-electron chi connectivity index (χ4n) is 4.50. The zero-order chi connectivity index (χ0) is 21.0. The van der Waals surface area contributed by atoms with Gasteiger partial charge in [0, 0.05) is 9.79 Å². The summed E-state index contributed by atoms with van der Waals surface area (Å²) in [6.45, 7) is 4.59. The van der Waals surface area contributed by atoms with Crippen LogP contribution in [0.4, 0.5) is 11.4 Å². The molecule has 2 aromatic carbocycles. The molecule has 0 saturated carbocycles. The molecule has 2 heteroatoms. The summed E-state index contributed by atoms with van der Waals surface area (Å²) in [6.07, 6.45) is 18.9. The van der Waals surface area contributed by atoms with Crippen LogP contribution in [0.2, 0.25) is 0 Å². The maximum absolute atomic E-state index is 3.81. The zero-order valence-electron chi connectivity index (χ0n) is 19.3. The molecule has 3 rings (SSSR count). The highest BCUT2D eigenvalue weighted by Crippen LogP contribution is 2.46. The highest BCUT2D eigenvalue weighted by molar-refractivity contribution is 7.99. The Kier molecular flexibility index (Phi) is 10.2. The van der Waals surface area contributed by atoms with Crippen molar-refractivity contribution in [3.8, 4) is 0 Å². The summed E-state index contributed by atoms with van der Waals surface area (Å²) < 4.78 is 0. The molecule has 0 saturated heterocycles. The van der Waals surface area contributed by atoms with Crippen LogP contribution in [0.1, 0.15) is 102 Å². The van der Waals surface area contributed by atoms with Gasteiger partial charge in [0.25, 0.3) is 0 Å². The lowest BCUT2D eigenvalue weighted by atomic mass is 9.94. The van der Waals surface area contributed by atoms with Gasteiger partial charge in [0.1, 0.15) is 0 Å². The minimum absolute atomic E-state index is 1.22. The minimum Gasteiger partial charge on any atom is -0.353 e. The van der Waals surface area contributed by atoms with Crippen LogP contribution >= 0.6 is 11.8 Å². The van der Waals surface area contributed by atoms with Gasteiger partial charge < -0.3 is 5.32 Å². The van der Waals surface area contributed by atoms with Crippen molar-refractivity contribution in [2.24, 2.45) is 0 Å². The molecule has 1 nitrogen and oxygen atoms in total. The quantitative estimate of drug-likeness (QED) is 0.259. The number of benzene rings is 2. The number of hydrogen-bond acceptors (Lipinski definition) is 2. The topological polar surface area (TPSA) is 12.0 Å². The smallest absolute Gasteiger partial charge is 0.0561 e. The summed E-state index contributed by atoms with van der Waals surface area (Å²) in [5.41, 5.74) is 5.86. The average Bonchev–Trinajstić information content (AvgIpc) is 2.77. The van der Waals surface area contributed by atoms with Gasteiger partial charge in [-0.15, -0.1) is 0 Å². The summed E-state index contributed by atoms with van der Waals surface area (Å²) in [7, 11) is 0. The van der Waals surface area contributed by atoms with E-state index in [-0.39, 0.29) is 0 Å². The van der Waals surface area contributed by atoms with Gasteiger partial charge in [-0.3, -0.25) is 0 Å². The Hall–Kier alpha value is -1.41. The summed E-state index contributed by atoms with van der Waals surface area (Å²) in [5.74, 6) is 0. The summed E-state index contributed by atoms with van der Waals surface area (Å²) in [4.78, 5) is 2.75. The maximum atomic E-state index is 3.81. The number of hydrogen-bond donors (Lipinski definition) is 1. The first-order valence-electron chi connectivity index (χ1n) is 12.5. The molecular weight excluding hydrogens is 382 g/mol. The third-order valence-corrected chi connectivity index (χ3v) is 7.45. The van der Waals surface area contributed by atoms with E-state index in [1.807, 2.05) is 11.8 Å². The fraction of sp³-hybridized carbons (Fsp3) is 0.571. The SMILES string of the molecule is CCCCCCCCc1ccc2c(c1CCCCCCCC)Nc1ccccc1S2. The second-order valence-electron chi connectivity index (χ2n) is 8.84. The van der Waals surface area contributed by atoms with Crippen LogP contribution in [0.15, 0.2) is 46.2 Å². The monoisotopic (exact) mass is 423 g/mol. The van der Waals surface area contributed by atoms with Gasteiger partial charge in [-0.2, -0.15) is 0 Å². The Morgan fingerprint density at radius 3 is 2.00 bits per heavy atom. The number of rotatable bonds is 14. The number of fused-ring (bicyclic) bond motifs is 2. The minimum atomic E-state index is 1.22. The predicted molar refractivity (Wildman–Crippen MR) is 134 cm³/mol. The summed E-state index contributed by atoms with van der Waals surface area (Å²) in [6, 6.07) is 13.5. The molecule has 0 aromatic heterocycles. The van der Waals surface area contributed by atoms with E-state index in [0.29, 0.717) is 0 Å². The van der Waals surface area contributed by atoms with E-state index in [4.69, 9.17) is 0 Å². The Morgan fingerprint density at radius 2 is 1.27 bits per heavy atom. The molecule has 2 aromatic rings. The molecule has 0 atom stereocenters. The molecule has 1 N–H and O–H groups in total. The van der Waals surface area contributed by atoms with E-state index >= 15 is 0 Å². The zero-order valence-corrected chi connectivity index (χ0v) is 20.1. The standard InChI is InChI=1S/C28H41NS/c1-3-5-7-9-11-13-17-23-21-22-27-28(24(23)18-14-12-10-8-6-4-2)29-25-19-15-16-20-26(25)30-27/h15-16,19-22,29H,3-14,17-18H2,1-2H3. The van der Waals surface area contributed by atoms with Crippen LogP contribution in [0, 0.1) is 0 Å². The van der Waals surface area contributed by atoms with E-state index in [0.717, 1.165) is 0 Å². The second kappa shape index (κ2) is 13.1. The molecule has 0 amide bonds. The van der Waals surface area contributed by atoms with E-state index in [1.165, 1.54) is 111 Å². The van der Waals surface area contributed by atoms with Gasteiger partial charge in [0.05, 0.1) is 11.4 Å². The molecule has 1 heterocycles. The van der Waals surface area contributed by atoms with Gasteiger partial charge in [-0.05, 0) is 55.0 Å². The highest BCUT2D eigenvalue weighted by atomic mass is 32.2. The van der Waals surface area contributed by atoms with Crippen LogP contribution in [-0.2, 0) is 12.8 Å². The van der Waals surface area contributed by atoms with Gasteiger partial charge in [-0.25, -0.2) is 0 Å². The molecule has 0 spiro atoms. The number of para-hydroxylation sites is 1. The van der Waals surface area contributed by atoms with Crippen molar-refractivity contribution in [2.75, 3.05) is 5.32 Å². The van der Waals surface area contributed by atoms with Crippen LogP contribution in [0.25, 0.3) is 0 Å².